The molecule has 0 aliphatic rings. The quantitative estimate of drug-likeness (QED) is 0.388. The molecule has 0 nitrogen and oxygen atoms in total. The Kier molecular flexibility index (Phi) is 5.17. The molecule has 70 valence electrons. The van der Waals surface area contributed by atoms with Crippen molar-refractivity contribution in [1.82, 2.24) is 0 Å². The van der Waals surface area contributed by atoms with Crippen molar-refractivity contribution in [1.29, 1.82) is 0 Å². The fourth-order valence-corrected chi connectivity index (χ4v) is 1.22. The molecule has 0 aromatic carbocycles. The van der Waals surface area contributed by atoms with Gasteiger partial charge in [0.1, 0.15) is 0 Å². The molecule has 0 saturated carbocycles. The Labute approximate surface area is 88.0 Å². The van der Waals surface area contributed by atoms with Crippen LogP contribution in [0.15, 0.2) is 11.6 Å². The average Bonchev–Trinajstić information content (AvgIpc) is 2.00. The second-order valence-electron chi connectivity index (χ2n) is 4.39. The van der Waals surface area contributed by atoms with Crippen molar-refractivity contribution in [3.05, 3.63) is 11.6 Å². The second kappa shape index (κ2) is 5.34. The molecule has 0 rings (SSSR count). The first kappa shape index (κ1) is 12.6. The van der Waals surface area contributed by atoms with Crippen molar-refractivity contribution in [2.24, 2.45) is 5.41 Å². The van der Waals surface area contributed by atoms with Crippen LogP contribution in [0.4, 0.5) is 0 Å². The van der Waals surface area contributed by atoms with Gasteiger partial charge in [0.15, 0.2) is 0 Å². The Hall–Kier alpha value is -0.415. The van der Waals surface area contributed by atoms with Gasteiger partial charge < -0.3 is 0 Å². The SMILES string of the molecule is C#C/C=C(/CC(C)(C)C)C(C)=BS. The molecule has 0 aromatic heterocycles. The minimum atomic E-state index is 0.265. The molecule has 0 heterocycles. The van der Waals surface area contributed by atoms with Gasteiger partial charge in [0.25, 0.3) is 0 Å². The summed E-state index contributed by atoms with van der Waals surface area (Å²) in [6.07, 6.45) is 9.88. The van der Waals surface area contributed by atoms with E-state index in [4.69, 9.17) is 6.42 Å². The molecular weight excluding hydrogens is 175 g/mol. The summed E-state index contributed by atoms with van der Waals surface area (Å²) in [6, 6.07) is 0. The summed E-state index contributed by atoms with van der Waals surface area (Å²) in [7, 11) is 0. The van der Waals surface area contributed by atoms with E-state index in [1.165, 1.54) is 5.57 Å². The monoisotopic (exact) mass is 192 g/mol. The van der Waals surface area contributed by atoms with Crippen molar-refractivity contribution in [2.75, 3.05) is 0 Å². The van der Waals surface area contributed by atoms with Crippen LogP contribution in [0.25, 0.3) is 0 Å². The molecule has 13 heavy (non-hydrogen) atoms. The van der Waals surface area contributed by atoms with E-state index in [0.29, 0.717) is 0 Å². The molecule has 0 spiro atoms. The fourth-order valence-electron chi connectivity index (χ4n) is 1.06. The van der Waals surface area contributed by atoms with Gasteiger partial charge in [-0.2, -0.15) is 0 Å². The van der Waals surface area contributed by atoms with Crippen molar-refractivity contribution in [3.8, 4) is 12.3 Å². The van der Waals surface area contributed by atoms with E-state index in [9.17, 15) is 0 Å². The number of hydrogen-bond donors (Lipinski definition) is 1. The van der Waals surface area contributed by atoms with Gasteiger partial charge in [0.2, 0.25) is 0 Å². The van der Waals surface area contributed by atoms with E-state index in [-0.39, 0.29) is 5.41 Å². The van der Waals surface area contributed by atoms with Crippen LogP contribution in [-0.4, -0.2) is 11.7 Å². The van der Waals surface area contributed by atoms with Gasteiger partial charge in [-0.25, -0.2) is 0 Å². The molecule has 0 aromatic rings. The van der Waals surface area contributed by atoms with Gasteiger partial charge in [0.05, 0.1) is 0 Å². The summed E-state index contributed by atoms with van der Waals surface area (Å²) in [5.41, 5.74) is 2.61. The predicted octanol–water partition coefficient (Wildman–Crippen LogP) is 2.72. The van der Waals surface area contributed by atoms with Crippen LogP contribution >= 0.6 is 12.5 Å². The van der Waals surface area contributed by atoms with Gasteiger partial charge in [-0.3, -0.25) is 0 Å². The molecule has 2 heteroatoms. The topological polar surface area (TPSA) is 0 Å². The van der Waals surface area contributed by atoms with Crippen molar-refractivity contribution < 1.29 is 0 Å². The summed E-state index contributed by atoms with van der Waals surface area (Å²) >= 11 is 4.13. The molecule has 0 radical (unpaired) electrons. The number of terminal acetylenes is 1. The molecule has 0 aliphatic heterocycles. The molecule has 0 unspecified atom stereocenters. The van der Waals surface area contributed by atoms with Gasteiger partial charge in [0, 0.05) is 0 Å². The Bertz CT molecular complexity index is 261. The van der Waals surface area contributed by atoms with Gasteiger partial charge in [-0.15, -0.1) is 0 Å². The van der Waals surface area contributed by atoms with E-state index in [1.807, 2.05) is 13.0 Å². The maximum absolute atomic E-state index is 5.26. The summed E-state index contributed by atoms with van der Waals surface area (Å²) in [4.78, 5) is 0. The zero-order valence-corrected chi connectivity index (χ0v) is 9.78. The van der Waals surface area contributed by atoms with Gasteiger partial charge in [-0.1, -0.05) is 0 Å². The van der Waals surface area contributed by atoms with Crippen LogP contribution in [-0.2, 0) is 0 Å². The first-order valence-electron chi connectivity index (χ1n) is 4.37. The number of rotatable bonds is 2. The number of thiol groups is 1. The van der Waals surface area contributed by atoms with Gasteiger partial charge >= 0.3 is 87.7 Å². The summed E-state index contributed by atoms with van der Waals surface area (Å²) in [5, 5.41) is 0. The van der Waals surface area contributed by atoms with Crippen LogP contribution in [0.1, 0.15) is 34.1 Å². The Morgan fingerprint density at radius 3 is 2.38 bits per heavy atom. The van der Waals surface area contributed by atoms with Crippen molar-refractivity contribution in [3.63, 3.8) is 0 Å². The number of hydrogen-bond acceptors (Lipinski definition) is 1. The predicted molar refractivity (Wildman–Crippen MR) is 66.4 cm³/mol. The molecule has 0 saturated heterocycles. The number of allylic oxidation sites excluding steroid dienone is 2. The average molecular weight is 192 g/mol. The van der Waals surface area contributed by atoms with Crippen LogP contribution in [0.3, 0.4) is 0 Å². The minimum absolute atomic E-state index is 0.265. The first-order valence-corrected chi connectivity index (χ1v) is 4.89. The molecule has 0 N–H and O–H groups in total. The molecule has 0 amide bonds. The summed E-state index contributed by atoms with van der Waals surface area (Å²) in [5.74, 6) is 2.57. The first-order chi connectivity index (χ1) is 5.90. The molecule has 0 bridgehead atoms. The zero-order chi connectivity index (χ0) is 10.5. The van der Waals surface area contributed by atoms with E-state index in [2.05, 4.69) is 39.2 Å². The maximum atomic E-state index is 5.26. The van der Waals surface area contributed by atoms with Crippen LogP contribution in [0.5, 0.6) is 0 Å². The van der Waals surface area contributed by atoms with Crippen molar-refractivity contribution in [2.45, 2.75) is 34.1 Å². The Morgan fingerprint density at radius 1 is 1.54 bits per heavy atom. The van der Waals surface area contributed by atoms with Crippen LogP contribution < -0.4 is 0 Å². The Balaban J connectivity index is 4.69. The Morgan fingerprint density at radius 2 is 2.08 bits per heavy atom. The third kappa shape index (κ3) is 5.77. The van der Waals surface area contributed by atoms with E-state index in [1.54, 1.807) is 6.20 Å². The van der Waals surface area contributed by atoms with Crippen LogP contribution in [0.2, 0.25) is 0 Å². The fraction of sp³-hybridized carbons (Fsp3) is 0.545. The van der Waals surface area contributed by atoms with Crippen LogP contribution in [0, 0.1) is 17.8 Å². The standard InChI is InChI=1S/C11H17BS/c1-6-7-10(9(2)12-13)8-11(3,4)5/h1,7,13H,8H2,2-5H3/b10-7-. The molecular formula is C11H17BS. The van der Waals surface area contributed by atoms with E-state index in [0.717, 1.165) is 11.9 Å². The van der Waals surface area contributed by atoms with Gasteiger partial charge in [-0.05, 0) is 0 Å². The van der Waals surface area contributed by atoms with E-state index >= 15 is 0 Å². The normalized spacial score (nSPS) is 13.5. The van der Waals surface area contributed by atoms with E-state index < -0.39 is 0 Å². The molecule has 0 aliphatic carbocycles. The third-order valence-corrected chi connectivity index (χ3v) is 2.07. The summed E-state index contributed by atoms with van der Waals surface area (Å²) in [6.45, 7) is 8.62. The zero-order valence-electron chi connectivity index (χ0n) is 8.89. The molecule has 0 fully saturated rings. The third-order valence-electron chi connectivity index (χ3n) is 1.68. The second-order valence-corrected chi connectivity index (χ2v) is 4.64. The van der Waals surface area contributed by atoms with Crippen molar-refractivity contribution >= 4 is 24.1 Å². The summed E-state index contributed by atoms with van der Waals surface area (Å²) < 4.78 is 0. The molecule has 0 atom stereocenters.